The zero-order valence-corrected chi connectivity index (χ0v) is 29.0. The fourth-order valence-corrected chi connectivity index (χ4v) is 7.99. The van der Waals surface area contributed by atoms with Crippen molar-refractivity contribution in [1.82, 2.24) is 0 Å². The highest BCUT2D eigenvalue weighted by molar-refractivity contribution is 7.90. The van der Waals surface area contributed by atoms with Crippen LogP contribution in [0.1, 0.15) is 29.9 Å². The molecular weight excluding hydrogens is 710 g/mol. The number of anilines is 1. The molecule has 6 rings (SSSR count). The van der Waals surface area contributed by atoms with Crippen LogP contribution in [0.5, 0.6) is 0 Å². The molecule has 3 heterocycles. The molecule has 3 aromatic rings. The van der Waals surface area contributed by atoms with Crippen LogP contribution in [0.4, 0.5) is 5.69 Å². The SMILES string of the molecule is CC(=O)Nc1cc(CO[C@@H]2O[C@H](CS(=O)(=O)Cc3ccccc3)[C@@H](O[C@H]3O[C@@H]4COC(c5ccccc5)O[C@H]4[C@H](O)[C@H]3O)[C@H](O)[C@H]2O)ccc1Cl. The van der Waals surface area contributed by atoms with Crippen LogP contribution in [0.3, 0.4) is 0 Å². The van der Waals surface area contributed by atoms with E-state index < -0.39 is 83.3 Å². The molecule has 276 valence electrons. The Balaban J connectivity index is 1.19. The van der Waals surface area contributed by atoms with Gasteiger partial charge in [-0.1, -0.05) is 78.3 Å². The van der Waals surface area contributed by atoms with Crippen LogP contribution in [0.25, 0.3) is 0 Å². The van der Waals surface area contributed by atoms with Crippen LogP contribution >= 0.6 is 11.6 Å². The second-order valence-electron chi connectivity index (χ2n) is 12.7. The molecule has 1 amide bonds. The summed E-state index contributed by atoms with van der Waals surface area (Å²) in [7, 11) is -3.94. The smallest absolute Gasteiger partial charge is 0.221 e. The van der Waals surface area contributed by atoms with Gasteiger partial charge in [0.1, 0.15) is 48.8 Å². The molecule has 16 heteroatoms. The Labute approximate surface area is 299 Å². The van der Waals surface area contributed by atoms with Gasteiger partial charge in [-0.3, -0.25) is 4.79 Å². The van der Waals surface area contributed by atoms with Gasteiger partial charge in [0.05, 0.1) is 35.4 Å². The lowest BCUT2D eigenvalue weighted by atomic mass is 9.96. The summed E-state index contributed by atoms with van der Waals surface area (Å²) in [6.07, 6.45) is -15.6. The molecule has 0 bridgehead atoms. The van der Waals surface area contributed by atoms with Crippen molar-refractivity contribution in [3.8, 4) is 0 Å². The molecule has 0 aliphatic carbocycles. The normalized spacial score (nSPS) is 32.5. The third kappa shape index (κ3) is 9.14. The fraction of sp³-hybridized carbons (Fsp3) is 0.457. The molecule has 3 aliphatic heterocycles. The Bertz CT molecular complexity index is 1730. The molecule has 51 heavy (non-hydrogen) atoms. The van der Waals surface area contributed by atoms with Gasteiger partial charge in [0.2, 0.25) is 5.91 Å². The van der Waals surface area contributed by atoms with E-state index in [-0.39, 0.29) is 29.9 Å². The first-order chi connectivity index (χ1) is 24.4. The van der Waals surface area contributed by atoms with E-state index in [1.807, 2.05) is 6.07 Å². The minimum Gasteiger partial charge on any atom is -0.387 e. The predicted octanol–water partition coefficient (Wildman–Crippen LogP) is 1.82. The Morgan fingerprint density at radius 1 is 0.863 bits per heavy atom. The van der Waals surface area contributed by atoms with Gasteiger partial charge in [-0.2, -0.15) is 0 Å². The highest BCUT2D eigenvalue weighted by Crippen LogP contribution is 2.36. The number of hydrogen-bond acceptors (Lipinski definition) is 13. The number of carbonyl (C=O) groups is 1. The van der Waals surface area contributed by atoms with Crippen LogP contribution < -0.4 is 5.32 Å². The summed E-state index contributed by atoms with van der Waals surface area (Å²) in [5.74, 6) is -1.37. The standard InChI is InChI=1S/C35H40ClNO13S/c1-19(38)37-24-14-21(12-13-23(24)36)15-45-34-29(41)27(39)32(26(48-34)18-51(43,44)17-20-8-4-2-5-9-20)50-35-30(42)28(40)31-25(47-35)16-46-33(49-31)22-10-6-3-7-11-22/h2-14,25-35,39-42H,15-18H2,1H3,(H,37,38)/t25-,26-,27-,28-,29-,30-,31-,32-,33?,34-,35-/m1/s1. The number of nitrogens with one attached hydrogen (secondary N) is 1. The van der Waals surface area contributed by atoms with Crippen LogP contribution in [0, 0.1) is 0 Å². The Kier molecular flexibility index (Phi) is 12.1. The Morgan fingerprint density at radius 2 is 1.55 bits per heavy atom. The average molecular weight is 750 g/mol. The minimum absolute atomic E-state index is 0.0423. The maximum absolute atomic E-state index is 13.5. The summed E-state index contributed by atoms with van der Waals surface area (Å²) < 4.78 is 62.4. The van der Waals surface area contributed by atoms with E-state index in [0.717, 1.165) is 0 Å². The average Bonchev–Trinajstić information content (AvgIpc) is 3.11. The molecule has 0 saturated carbocycles. The Hall–Kier alpha value is -3.03. The number of aliphatic hydroxyl groups is 4. The van der Waals surface area contributed by atoms with Crippen LogP contribution in [-0.4, -0.2) is 109 Å². The summed E-state index contributed by atoms with van der Waals surface area (Å²) in [4.78, 5) is 11.6. The van der Waals surface area contributed by atoms with Crippen molar-refractivity contribution < 1.29 is 62.1 Å². The van der Waals surface area contributed by atoms with Crippen LogP contribution in [-0.2, 0) is 55.4 Å². The number of rotatable bonds is 11. The molecule has 14 nitrogen and oxygen atoms in total. The third-order valence-electron chi connectivity index (χ3n) is 8.74. The quantitative estimate of drug-likeness (QED) is 0.190. The molecule has 3 aromatic carbocycles. The number of ether oxygens (including phenoxy) is 6. The molecule has 5 N–H and O–H groups in total. The van der Waals surface area contributed by atoms with Crippen molar-refractivity contribution in [2.24, 2.45) is 0 Å². The number of benzene rings is 3. The number of fused-ring (bicyclic) bond motifs is 1. The summed E-state index contributed by atoms with van der Waals surface area (Å²) in [5, 5.41) is 47.6. The lowest BCUT2D eigenvalue weighted by Gasteiger charge is -2.48. The van der Waals surface area contributed by atoms with E-state index in [0.29, 0.717) is 22.4 Å². The van der Waals surface area contributed by atoms with E-state index >= 15 is 0 Å². The van der Waals surface area contributed by atoms with Crippen molar-refractivity contribution in [1.29, 1.82) is 0 Å². The maximum atomic E-state index is 13.5. The number of aliphatic hydroxyl groups excluding tert-OH is 4. The van der Waals surface area contributed by atoms with E-state index in [4.69, 9.17) is 40.0 Å². The second-order valence-corrected chi connectivity index (χ2v) is 15.2. The first-order valence-electron chi connectivity index (χ1n) is 16.3. The molecule has 1 unspecified atom stereocenters. The van der Waals surface area contributed by atoms with Gasteiger partial charge in [-0.05, 0) is 23.3 Å². The van der Waals surface area contributed by atoms with Crippen LogP contribution in [0.15, 0.2) is 78.9 Å². The molecule has 3 fully saturated rings. The van der Waals surface area contributed by atoms with Crippen molar-refractivity contribution in [3.05, 3.63) is 101 Å². The number of halogens is 1. The van der Waals surface area contributed by atoms with E-state index in [9.17, 15) is 33.6 Å². The zero-order chi connectivity index (χ0) is 36.3. The first kappa shape index (κ1) is 37.7. The molecule has 0 spiro atoms. The summed E-state index contributed by atoms with van der Waals surface area (Å²) in [6, 6.07) is 22.2. The lowest BCUT2D eigenvalue weighted by molar-refractivity contribution is -0.384. The lowest BCUT2D eigenvalue weighted by Crippen LogP contribution is -2.66. The topological polar surface area (TPSA) is 200 Å². The molecule has 3 aliphatic rings. The van der Waals surface area contributed by atoms with Gasteiger partial charge in [0, 0.05) is 12.5 Å². The van der Waals surface area contributed by atoms with Gasteiger partial charge in [-0.25, -0.2) is 8.42 Å². The van der Waals surface area contributed by atoms with Gasteiger partial charge < -0.3 is 54.2 Å². The van der Waals surface area contributed by atoms with Gasteiger partial charge in [-0.15, -0.1) is 0 Å². The summed E-state index contributed by atoms with van der Waals surface area (Å²) >= 11 is 6.17. The van der Waals surface area contributed by atoms with Crippen molar-refractivity contribution in [3.63, 3.8) is 0 Å². The predicted molar refractivity (Wildman–Crippen MR) is 181 cm³/mol. The number of sulfone groups is 1. The molecule has 3 saturated heterocycles. The maximum Gasteiger partial charge on any atom is 0.221 e. The first-order valence-corrected chi connectivity index (χ1v) is 18.5. The summed E-state index contributed by atoms with van der Waals surface area (Å²) in [6.45, 7) is 1.10. The number of carbonyl (C=O) groups excluding carboxylic acids is 1. The van der Waals surface area contributed by atoms with Crippen LogP contribution in [0.2, 0.25) is 5.02 Å². The van der Waals surface area contributed by atoms with Gasteiger partial charge in [0.25, 0.3) is 0 Å². The summed E-state index contributed by atoms with van der Waals surface area (Å²) in [5.41, 5.74) is 2.07. The molecule has 11 atom stereocenters. The zero-order valence-electron chi connectivity index (χ0n) is 27.4. The Morgan fingerprint density at radius 3 is 2.25 bits per heavy atom. The van der Waals surface area contributed by atoms with Crippen molar-refractivity contribution in [2.75, 3.05) is 17.7 Å². The largest absolute Gasteiger partial charge is 0.387 e. The monoisotopic (exact) mass is 749 g/mol. The van der Waals surface area contributed by atoms with Crippen molar-refractivity contribution >= 4 is 33.0 Å². The second kappa shape index (κ2) is 16.3. The number of hydrogen-bond donors (Lipinski definition) is 5. The third-order valence-corrected chi connectivity index (χ3v) is 10.7. The molecule has 0 radical (unpaired) electrons. The van der Waals surface area contributed by atoms with E-state index in [1.54, 1.807) is 72.8 Å². The number of amides is 1. The molecular formula is C35H40ClNO13S. The highest BCUT2D eigenvalue weighted by Gasteiger charge is 2.53. The molecule has 0 aromatic heterocycles. The van der Waals surface area contributed by atoms with Gasteiger partial charge in [0.15, 0.2) is 28.7 Å². The van der Waals surface area contributed by atoms with Gasteiger partial charge >= 0.3 is 0 Å². The van der Waals surface area contributed by atoms with E-state index in [1.165, 1.54) is 6.92 Å². The minimum atomic E-state index is -3.94. The van der Waals surface area contributed by atoms with E-state index in [2.05, 4.69) is 5.32 Å². The highest BCUT2D eigenvalue weighted by atomic mass is 35.5. The van der Waals surface area contributed by atoms with Crippen molar-refractivity contribution in [2.45, 2.75) is 87.0 Å². The fourth-order valence-electron chi connectivity index (χ4n) is 6.23.